The summed E-state index contributed by atoms with van der Waals surface area (Å²) in [5.74, 6) is 0. The van der Waals surface area contributed by atoms with Crippen LogP contribution in [0.15, 0.2) is 22.7 Å². The lowest BCUT2D eigenvalue weighted by Gasteiger charge is -2.19. The van der Waals surface area contributed by atoms with Gasteiger partial charge in [-0.05, 0) is 24.1 Å². The molecule has 0 aromatic heterocycles. The summed E-state index contributed by atoms with van der Waals surface area (Å²) in [5, 5.41) is 0. The van der Waals surface area contributed by atoms with Gasteiger partial charge in [0.1, 0.15) is 0 Å². The Morgan fingerprint density at radius 3 is 2.67 bits per heavy atom. The number of hydrogen-bond donors (Lipinski definition) is 1. The predicted molar refractivity (Wildman–Crippen MR) is 67.0 cm³/mol. The van der Waals surface area contributed by atoms with Gasteiger partial charge in [-0.15, -0.1) is 0 Å². The highest BCUT2D eigenvalue weighted by atomic mass is 79.9. The zero-order valence-corrected chi connectivity index (χ0v) is 11.3. The summed E-state index contributed by atoms with van der Waals surface area (Å²) in [7, 11) is 0. The highest BCUT2D eigenvalue weighted by Crippen LogP contribution is 2.34. The smallest absolute Gasteiger partial charge is 0.326 e. The van der Waals surface area contributed by atoms with Gasteiger partial charge in [-0.2, -0.15) is 13.2 Å². The van der Waals surface area contributed by atoms with Crippen LogP contribution in [0.1, 0.15) is 17.5 Å². The van der Waals surface area contributed by atoms with E-state index < -0.39 is 11.7 Å². The van der Waals surface area contributed by atoms with Crippen molar-refractivity contribution in [1.29, 1.82) is 0 Å². The monoisotopic (exact) mass is 322 g/mol. The van der Waals surface area contributed by atoms with E-state index in [1.54, 1.807) is 6.07 Å². The van der Waals surface area contributed by atoms with E-state index in [4.69, 9.17) is 5.73 Å². The first-order valence-electron chi connectivity index (χ1n) is 5.70. The molecule has 1 atom stereocenters. The maximum absolute atomic E-state index is 12.9. The Morgan fingerprint density at radius 2 is 2.11 bits per heavy atom. The third-order valence-electron chi connectivity index (χ3n) is 3.08. The van der Waals surface area contributed by atoms with E-state index in [1.807, 2.05) is 4.90 Å². The van der Waals surface area contributed by atoms with Crippen molar-refractivity contribution in [3.63, 3.8) is 0 Å². The number of alkyl halides is 3. The van der Waals surface area contributed by atoms with Crippen LogP contribution >= 0.6 is 15.9 Å². The topological polar surface area (TPSA) is 29.3 Å². The van der Waals surface area contributed by atoms with Gasteiger partial charge < -0.3 is 5.73 Å². The molecule has 18 heavy (non-hydrogen) atoms. The van der Waals surface area contributed by atoms with Crippen molar-refractivity contribution >= 4 is 15.9 Å². The second-order valence-corrected chi connectivity index (χ2v) is 5.50. The van der Waals surface area contributed by atoms with Crippen LogP contribution in [-0.2, 0) is 12.7 Å². The lowest BCUT2D eigenvalue weighted by Crippen LogP contribution is -2.27. The highest BCUT2D eigenvalue weighted by molar-refractivity contribution is 9.10. The maximum Gasteiger partial charge on any atom is 0.416 e. The van der Waals surface area contributed by atoms with Crippen LogP contribution in [0, 0.1) is 0 Å². The van der Waals surface area contributed by atoms with Gasteiger partial charge in [-0.1, -0.05) is 22.0 Å². The second kappa shape index (κ2) is 5.19. The molecule has 0 radical (unpaired) electrons. The first kappa shape index (κ1) is 13.8. The number of hydrogen-bond acceptors (Lipinski definition) is 2. The third kappa shape index (κ3) is 3.24. The van der Waals surface area contributed by atoms with E-state index in [1.165, 1.54) is 6.07 Å². The van der Waals surface area contributed by atoms with Crippen LogP contribution in [0.4, 0.5) is 13.2 Å². The molecule has 6 heteroatoms. The van der Waals surface area contributed by atoms with Gasteiger partial charge in [0.15, 0.2) is 0 Å². The van der Waals surface area contributed by atoms with Crippen LogP contribution in [0.3, 0.4) is 0 Å². The molecule has 0 amide bonds. The normalized spacial score (nSPS) is 21.5. The third-order valence-corrected chi connectivity index (χ3v) is 3.57. The lowest BCUT2D eigenvalue weighted by atomic mass is 10.1. The summed E-state index contributed by atoms with van der Waals surface area (Å²) >= 11 is 3.08. The maximum atomic E-state index is 12.9. The molecule has 0 bridgehead atoms. The molecular formula is C12H14BrF3N2. The number of likely N-dealkylation sites (tertiary alicyclic amines) is 1. The second-order valence-electron chi connectivity index (χ2n) is 4.58. The molecule has 0 saturated carbocycles. The standard InChI is InChI=1S/C12H14BrF3N2/c13-9-2-1-8(11(5-9)12(14,15)16)6-18-4-3-10(17)7-18/h1-2,5,10H,3-4,6-7,17H2. The summed E-state index contributed by atoms with van der Waals surface area (Å²) in [6, 6.07) is 4.37. The molecule has 1 aromatic rings. The fraction of sp³-hybridized carbons (Fsp3) is 0.500. The van der Waals surface area contributed by atoms with Gasteiger partial charge >= 0.3 is 6.18 Å². The minimum Gasteiger partial charge on any atom is -0.326 e. The molecular weight excluding hydrogens is 309 g/mol. The van der Waals surface area contributed by atoms with Crippen molar-refractivity contribution in [2.24, 2.45) is 5.73 Å². The van der Waals surface area contributed by atoms with Crippen molar-refractivity contribution in [3.8, 4) is 0 Å². The summed E-state index contributed by atoms with van der Waals surface area (Å²) in [6.45, 7) is 1.72. The average Bonchev–Trinajstić information content (AvgIpc) is 2.65. The molecule has 2 rings (SSSR count). The molecule has 2 nitrogen and oxygen atoms in total. The van der Waals surface area contributed by atoms with Crippen LogP contribution in [-0.4, -0.2) is 24.0 Å². The molecule has 1 heterocycles. The molecule has 1 unspecified atom stereocenters. The molecule has 1 aromatic carbocycles. The number of nitrogens with two attached hydrogens (primary N) is 1. The van der Waals surface area contributed by atoms with E-state index >= 15 is 0 Å². The molecule has 100 valence electrons. The number of benzene rings is 1. The van der Waals surface area contributed by atoms with E-state index in [9.17, 15) is 13.2 Å². The Labute approximate surface area is 112 Å². The van der Waals surface area contributed by atoms with Crippen molar-refractivity contribution in [2.75, 3.05) is 13.1 Å². The number of nitrogens with zero attached hydrogens (tertiary/aromatic N) is 1. The van der Waals surface area contributed by atoms with E-state index in [0.717, 1.165) is 19.0 Å². The largest absolute Gasteiger partial charge is 0.416 e. The van der Waals surface area contributed by atoms with E-state index in [0.29, 0.717) is 23.1 Å². The van der Waals surface area contributed by atoms with Gasteiger partial charge in [0.2, 0.25) is 0 Å². The molecule has 1 saturated heterocycles. The summed E-state index contributed by atoms with van der Waals surface area (Å²) in [4.78, 5) is 1.96. The Bertz CT molecular complexity index is 434. The minimum atomic E-state index is -4.32. The summed E-state index contributed by atoms with van der Waals surface area (Å²) in [5.41, 5.74) is 5.49. The SMILES string of the molecule is NC1CCN(Cc2ccc(Br)cc2C(F)(F)F)C1. The van der Waals surface area contributed by atoms with Crippen LogP contribution in [0.5, 0.6) is 0 Å². The average molecular weight is 323 g/mol. The fourth-order valence-corrected chi connectivity index (χ4v) is 2.56. The molecule has 1 aliphatic heterocycles. The fourth-order valence-electron chi connectivity index (χ4n) is 2.20. The molecule has 1 aliphatic rings. The predicted octanol–water partition coefficient (Wildman–Crippen LogP) is 3.00. The van der Waals surface area contributed by atoms with Gasteiger partial charge in [-0.3, -0.25) is 4.90 Å². The zero-order valence-electron chi connectivity index (χ0n) is 9.67. The van der Waals surface area contributed by atoms with Gasteiger partial charge in [0, 0.05) is 30.1 Å². The number of halogens is 4. The Kier molecular flexibility index (Phi) is 3.99. The summed E-state index contributed by atoms with van der Waals surface area (Å²) in [6.07, 6.45) is -3.47. The molecule has 1 fully saturated rings. The molecule has 2 N–H and O–H groups in total. The van der Waals surface area contributed by atoms with Crippen molar-refractivity contribution in [3.05, 3.63) is 33.8 Å². The van der Waals surface area contributed by atoms with Crippen LogP contribution in [0.2, 0.25) is 0 Å². The minimum absolute atomic E-state index is 0.0785. The first-order chi connectivity index (χ1) is 8.36. The van der Waals surface area contributed by atoms with Gasteiger partial charge in [0.25, 0.3) is 0 Å². The van der Waals surface area contributed by atoms with Crippen molar-refractivity contribution in [2.45, 2.75) is 25.2 Å². The van der Waals surface area contributed by atoms with Gasteiger partial charge in [0.05, 0.1) is 5.56 Å². The van der Waals surface area contributed by atoms with Crippen molar-refractivity contribution < 1.29 is 13.2 Å². The van der Waals surface area contributed by atoms with Crippen molar-refractivity contribution in [1.82, 2.24) is 4.90 Å². The van der Waals surface area contributed by atoms with Crippen LogP contribution < -0.4 is 5.73 Å². The Balaban J connectivity index is 2.22. The quantitative estimate of drug-likeness (QED) is 0.907. The molecule has 0 aliphatic carbocycles. The first-order valence-corrected chi connectivity index (χ1v) is 6.49. The lowest BCUT2D eigenvalue weighted by molar-refractivity contribution is -0.138. The van der Waals surface area contributed by atoms with E-state index in [2.05, 4.69) is 15.9 Å². The Morgan fingerprint density at radius 1 is 1.39 bits per heavy atom. The summed E-state index contributed by atoms with van der Waals surface area (Å²) < 4.78 is 39.2. The van der Waals surface area contributed by atoms with E-state index in [-0.39, 0.29) is 6.04 Å². The zero-order chi connectivity index (χ0) is 13.3. The van der Waals surface area contributed by atoms with Gasteiger partial charge in [-0.25, -0.2) is 0 Å². The molecule has 0 spiro atoms. The highest BCUT2D eigenvalue weighted by Gasteiger charge is 2.34. The number of rotatable bonds is 2. The Hall–Kier alpha value is -0.590. The van der Waals surface area contributed by atoms with Crippen LogP contribution in [0.25, 0.3) is 0 Å².